The molecule has 0 spiro atoms. The number of benzene rings is 1. The maximum absolute atomic E-state index is 5.77. The summed E-state index contributed by atoms with van der Waals surface area (Å²) in [5.74, 6) is 1.80. The average molecular weight is 272 g/mol. The third-order valence-electron chi connectivity index (χ3n) is 2.79. The second-order valence-corrected chi connectivity index (χ2v) is 4.39. The van der Waals surface area contributed by atoms with E-state index in [0.29, 0.717) is 24.9 Å². The first-order valence-electron chi connectivity index (χ1n) is 6.77. The fraction of sp³-hybridized carbons (Fsp3) is 0.333. The third kappa shape index (κ3) is 4.51. The smallest absolute Gasteiger partial charge is 0.158 e. The highest BCUT2D eigenvalue weighted by Gasteiger charge is 2.02. The van der Waals surface area contributed by atoms with E-state index in [0.717, 1.165) is 18.8 Å². The topological polar surface area (TPSA) is 73.1 Å². The fourth-order valence-electron chi connectivity index (χ4n) is 1.85. The standard InChI is InChI=1S/C15H20N4O/c1-2-20-11-15-18-13(16)10-14(19-15)17-9-8-12-6-4-3-5-7-12/h3-7,10H,2,8-9,11H2,1H3,(H3,16,17,18,19). The first-order chi connectivity index (χ1) is 9.78. The average Bonchev–Trinajstić information content (AvgIpc) is 2.46. The van der Waals surface area contributed by atoms with Gasteiger partial charge in [0, 0.05) is 19.2 Å². The van der Waals surface area contributed by atoms with E-state index in [1.807, 2.05) is 25.1 Å². The lowest BCUT2D eigenvalue weighted by Crippen LogP contribution is -2.10. The second-order valence-electron chi connectivity index (χ2n) is 4.39. The van der Waals surface area contributed by atoms with Gasteiger partial charge in [0.05, 0.1) is 0 Å². The molecule has 1 heterocycles. The Labute approximate surface area is 119 Å². The minimum Gasteiger partial charge on any atom is -0.384 e. The van der Waals surface area contributed by atoms with Gasteiger partial charge < -0.3 is 15.8 Å². The van der Waals surface area contributed by atoms with Gasteiger partial charge in [-0.05, 0) is 18.9 Å². The lowest BCUT2D eigenvalue weighted by Gasteiger charge is -2.08. The minimum absolute atomic E-state index is 0.384. The Bertz CT molecular complexity index is 531. The van der Waals surface area contributed by atoms with E-state index in [1.54, 1.807) is 6.07 Å². The molecule has 1 aromatic heterocycles. The number of nitrogens with zero attached hydrogens (tertiary/aromatic N) is 2. The van der Waals surface area contributed by atoms with Gasteiger partial charge in [-0.25, -0.2) is 9.97 Å². The van der Waals surface area contributed by atoms with Crippen LogP contribution in [0.25, 0.3) is 0 Å². The molecule has 2 aromatic rings. The molecule has 20 heavy (non-hydrogen) atoms. The molecular formula is C15H20N4O. The van der Waals surface area contributed by atoms with E-state index >= 15 is 0 Å². The van der Waals surface area contributed by atoms with Crippen molar-refractivity contribution in [2.24, 2.45) is 0 Å². The summed E-state index contributed by atoms with van der Waals surface area (Å²) in [4.78, 5) is 8.51. The van der Waals surface area contributed by atoms with Gasteiger partial charge in [-0.3, -0.25) is 0 Å². The predicted octanol–water partition coefficient (Wildman–Crippen LogP) is 2.25. The van der Waals surface area contributed by atoms with Crippen molar-refractivity contribution in [2.75, 3.05) is 24.2 Å². The molecule has 5 nitrogen and oxygen atoms in total. The van der Waals surface area contributed by atoms with Gasteiger partial charge in [0.15, 0.2) is 5.82 Å². The van der Waals surface area contributed by atoms with Crippen LogP contribution in [-0.2, 0) is 17.8 Å². The van der Waals surface area contributed by atoms with Crippen LogP contribution in [0.4, 0.5) is 11.6 Å². The number of ether oxygens (including phenoxy) is 1. The molecule has 0 fully saturated rings. The Kier molecular flexibility index (Phi) is 5.32. The Morgan fingerprint density at radius 1 is 1.20 bits per heavy atom. The highest BCUT2D eigenvalue weighted by atomic mass is 16.5. The number of nitrogen functional groups attached to an aromatic ring is 1. The van der Waals surface area contributed by atoms with E-state index < -0.39 is 0 Å². The van der Waals surface area contributed by atoms with Crippen LogP contribution < -0.4 is 11.1 Å². The molecule has 0 aliphatic carbocycles. The summed E-state index contributed by atoms with van der Waals surface area (Å²) in [5.41, 5.74) is 7.06. The number of aromatic nitrogens is 2. The van der Waals surface area contributed by atoms with E-state index in [1.165, 1.54) is 5.56 Å². The number of hydrogen-bond acceptors (Lipinski definition) is 5. The van der Waals surface area contributed by atoms with Crippen LogP contribution >= 0.6 is 0 Å². The van der Waals surface area contributed by atoms with Crippen molar-refractivity contribution in [3.63, 3.8) is 0 Å². The predicted molar refractivity (Wildman–Crippen MR) is 80.4 cm³/mol. The molecule has 2 rings (SSSR count). The number of nitrogens with one attached hydrogen (secondary N) is 1. The molecule has 0 aliphatic rings. The normalized spacial score (nSPS) is 10.4. The van der Waals surface area contributed by atoms with E-state index in [-0.39, 0.29) is 0 Å². The molecule has 0 bridgehead atoms. The summed E-state index contributed by atoms with van der Waals surface area (Å²) in [5, 5.41) is 3.26. The quantitative estimate of drug-likeness (QED) is 0.808. The van der Waals surface area contributed by atoms with Crippen LogP contribution in [0.3, 0.4) is 0 Å². The summed E-state index contributed by atoms with van der Waals surface area (Å²) >= 11 is 0. The molecular weight excluding hydrogens is 252 g/mol. The van der Waals surface area contributed by atoms with Crippen LogP contribution in [0, 0.1) is 0 Å². The molecule has 0 radical (unpaired) electrons. The Hall–Kier alpha value is -2.14. The van der Waals surface area contributed by atoms with Crippen molar-refractivity contribution in [3.8, 4) is 0 Å². The van der Waals surface area contributed by atoms with Crippen molar-refractivity contribution >= 4 is 11.6 Å². The van der Waals surface area contributed by atoms with Gasteiger partial charge in [-0.15, -0.1) is 0 Å². The monoisotopic (exact) mass is 272 g/mol. The molecule has 106 valence electrons. The molecule has 0 saturated carbocycles. The van der Waals surface area contributed by atoms with Gasteiger partial charge in [0.25, 0.3) is 0 Å². The lowest BCUT2D eigenvalue weighted by molar-refractivity contribution is 0.128. The third-order valence-corrected chi connectivity index (χ3v) is 2.79. The lowest BCUT2D eigenvalue weighted by atomic mass is 10.1. The SMILES string of the molecule is CCOCc1nc(N)cc(NCCc2ccccc2)n1. The maximum atomic E-state index is 5.77. The van der Waals surface area contributed by atoms with Crippen molar-refractivity contribution in [1.82, 2.24) is 9.97 Å². The zero-order valence-corrected chi connectivity index (χ0v) is 11.7. The minimum atomic E-state index is 0.384. The molecule has 0 amide bonds. The summed E-state index contributed by atoms with van der Waals surface area (Å²) in [6, 6.07) is 12.0. The van der Waals surface area contributed by atoms with Crippen LogP contribution in [0.5, 0.6) is 0 Å². The zero-order chi connectivity index (χ0) is 14.2. The molecule has 0 unspecified atom stereocenters. The van der Waals surface area contributed by atoms with Crippen molar-refractivity contribution in [2.45, 2.75) is 20.0 Å². The number of nitrogens with two attached hydrogens (primary N) is 1. The summed E-state index contributed by atoms with van der Waals surface area (Å²) in [6.45, 7) is 3.75. The van der Waals surface area contributed by atoms with E-state index in [9.17, 15) is 0 Å². The maximum Gasteiger partial charge on any atom is 0.158 e. The number of anilines is 2. The molecule has 3 N–H and O–H groups in total. The largest absolute Gasteiger partial charge is 0.384 e. The first kappa shape index (κ1) is 14.3. The van der Waals surface area contributed by atoms with Gasteiger partial charge in [-0.1, -0.05) is 30.3 Å². The van der Waals surface area contributed by atoms with Gasteiger partial charge in [0.2, 0.25) is 0 Å². The van der Waals surface area contributed by atoms with E-state index in [4.69, 9.17) is 10.5 Å². The first-order valence-corrected chi connectivity index (χ1v) is 6.77. The Morgan fingerprint density at radius 3 is 2.75 bits per heavy atom. The zero-order valence-electron chi connectivity index (χ0n) is 11.7. The molecule has 1 aromatic carbocycles. The Balaban J connectivity index is 1.90. The molecule has 0 aliphatic heterocycles. The molecule has 5 heteroatoms. The molecule has 0 saturated heterocycles. The summed E-state index contributed by atoms with van der Waals surface area (Å²) in [6.07, 6.45) is 0.936. The van der Waals surface area contributed by atoms with Crippen LogP contribution in [0.15, 0.2) is 36.4 Å². The number of hydrogen-bond donors (Lipinski definition) is 2. The van der Waals surface area contributed by atoms with Crippen LogP contribution in [-0.4, -0.2) is 23.1 Å². The second kappa shape index (κ2) is 7.45. The van der Waals surface area contributed by atoms with Gasteiger partial charge in [-0.2, -0.15) is 0 Å². The van der Waals surface area contributed by atoms with Crippen LogP contribution in [0.2, 0.25) is 0 Å². The van der Waals surface area contributed by atoms with Gasteiger partial charge in [0.1, 0.15) is 18.2 Å². The molecule has 0 atom stereocenters. The summed E-state index contributed by atoms with van der Waals surface area (Å²) in [7, 11) is 0. The summed E-state index contributed by atoms with van der Waals surface area (Å²) < 4.78 is 5.30. The highest BCUT2D eigenvalue weighted by Crippen LogP contribution is 2.09. The van der Waals surface area contributed by atoms with Crippen molar-refractivity contribution < 1.29 is 4.74 Å². The Morgan fingerprint density at radius 2 is 2.00 bits per heavy atom. The number of rotatable bonds is 7. The fourth-order valence-corrected chi connectivity index (χ4v) is 1.85. The van der Waals surface area contributed by atoms with Crippen molar-refractivity contribution in [1.29, 1.82) is 0 Å². The van der Waals surface area contributed by atoms with Crippen LogP contribution in [0.1, 0.15) is 18.3 Å². The highest BCUT2D eigenvalue weighted by molar-refractivity contribution is 5.44. The van der Waals surface area contributed by atoms with E-state index in [2.05, 4.69) is 27.4 Å². The van der Waals surface area contributed by atoms with Gasteiger partial charge >= 0.3 is 0 Å². The van der Waals surface area contributed by atoms with Crippen molar-refractivity contribution in [3.05, 3.63) is 47.8 Å².